The van der Waals surface area contributed by atoms with E-state index in [0.717, 1.165) is 29.3 Å². The first-order chi connectivity index (χ1) is 9.84. The molecule has 0 aromatic heterocycles. The van der Waals surface area contributed by atoms with Gasteiger partial charge in [-0.2, -0.15) is 0 Å². The van der Waals surface area contributed by atoms with Gasteiger partial charge in [0, 0.05) is 3.57 Å². The Bertz CT molecular complexity index is 569. The average Bonchev–Trinajstić information content (AvgIpc) is 2.44. The molecule has 0 saturated heterocycles. The third kappa shape index (κ3) is 3.66. The summed E-state index contributed by atoms with van der Waals surface area (Å²) in [5.74, 6) is 0.263. The average molecular weight is 418 g/mol. The molecule has 0 heterocycles. The lowest BCUT2D eigenvalue weighted by atomic mass is 9.77. The molecular formula is C15H19IN2O2S. The summed E-state index contributed by atoms with van der Waals surface area (Å²) in [5, 5.41) is 12.8. The monoisotopic (exact) mass is 418 g/mol. The summed E-state index contributed by atoms with van der Waals surface area (Å²) in [6.07, 6.45) is 3.46. The van der Waals surface area contributed by atoms with Crippen molar-refractivity contribution in [1.29, 1.82) is 0 Å². The minimum Gasteiger partial charge on any atom is -0.507 e. The number of phenolic OH excluding ortho intramolecular Hbond substituents is 1. The van der Waals surface area contributed by atoms with Crippen LogP contribution < -0.4 is 11.1 Å². The van der Waals surface area contributed by atoms with Crippen LogP contribution in [0.15, 0.2) is 18.2 Å². The van der Waals surface area contributed by atoms with E-state index in [2.05, 4.69) is 34.8 Å². The zero-order chi connectivity index (χ0) is 15.6. The van der Waals surface area contributed by atoms with Crippen LogP contribution in [0.25, 0.3) is 0 Å². The maximum absolute atomic E-state index is 12.5. The van der Waals surface area contributed by atoms with Crippen molar-refractivity contribution in [2.75, 3.05) is 0 Å². The molecule has 1 aromatic carbocycles. The number of carbonyl (C=O) groups is 1. The molecule has 0 spiro atoms. The van der Waals surface area contributed by atoms with Crippen molar-refractivity contribution >= 4 is 45.7 Å². The van der Waals surface area contributed by atoms with Crippen molar-refractivity contribution in [1.82, 2.24) is 5.32 Å². The fourth-order valence-corrected chi connectivity index (χ4v) is 3.41. The summed E-state index contributed by atoms with van der Waals surface area (Å²) in [4.78, 5) is 12.8. The van der Waals surface area contributed by atoms with E-state index in [-0.39, 0.29) is 17.2 Å². The second kappa shape index (κ2) is 6.48. The van der Waals surface area contributed by atoms with Crippen molar-refractivity contribution in [2.45, 2.75) is 38.1 Å². The molecule has 1 aliphatic carbocycles. The highest BCUT2D eigenvalue weighted by atomic mass is 127. The molecule has 0 bridgehead atoms. The minimum absolute atomic E-state index is 0.0322. The van der Waals surface area contributed by atoms with Crippen LogP contribution in [-0.2, 0) is 0 Å². The Hall–Kier alpha value is -0.890. The van der Waals surface area contributed by atoms with Gasteiger partial charge in [-0.25, -0.2) is 0 Å². The van der Waals surface area contributed by atoms with E-state index < -0.39 is 5.54 Å². The molecular weight excluding hydrogens is 399 g/mol. The zero-order valence-electron chi connectivity index (χ0n) is 11.9. The van der Waals surface area contributed by atoms with Gasteiger partial charge < -0.3 is 16.2 Å². The lowest BCUT2D eigenvalue weighted by molar-refractivity contribution is 0.0898. The first-order valence-corrected chi connectivity index (χ1v) is 8.44. The van der Waals surface area contributed by atoms with Crippen molar-refractivity contribution in [2.24, 2.45) is 11.7 Å². The highest BCUT2D eigenvalue weighted by molar-refractivity contribution is 14.1. The summed E-state index contributed by atoms with van der Waals surface area (Å²) in [5.41, 5.74) is 5.52. The van der Waals surface area contributed by atoms with E-state index >= 15 is 0 Å². The maximum atomic E-state index is 12.5. The lowest BCUT2D eigenvalue weighted by Gasteiger charge is -2.39. The van der Waals surface area contributed by atoms with Gasteiger partial charge in [0.15, 0.2) is 0 Å². The van der Waals surface area contributed by atoms with Crippen molar-refractivity contribution < 1.29 is 9.90 Å². The van der Waals surface area contributed by atoms with Gasteiger partial charge >= 0.3 is 0 Å². The smallest absolute Gasteiger partial charge is 0.255 e. The molecule has 1 aromatic rings. The molecule has 2 rings (SSSR count). The first kappa shape index (κ1) is 16.5. The Kier molecular flexibility index (Phi) is 5.08. The molecule has 6 heteroatoms. The Morgan fingerprint density at radius 2 is 2.10 bits per heavy atom. The number of amides is 1. The predicted octanol–water partition coefficient (Wildman–Crippen LogP) is 2.96. The van der Waals surface area contributed by atoms with E-state index in [1.165, 1.54) is 6.07 Å². The Morgan fingerprint density at radius 3 is 2.67 bits per heavy atom. The van der Waals surface area contributed by atoms with Crippen molar-refractivity contribution in [3.63, 3.8) is 0 Å². The van der Waals surface area contributed by atoms with Crippen LogP contribution in [-0.4, -0.2) is 21.5 Å². The van der Waals surface area contributed by atoms with Crippen LogP contribution in [0.4, 0.5) is 0 Å². The number of benzene rings is 1. The van der Waals surface area contributed by atoms with Crippen molar-refractivity contribution in [3.8, 4) is 5.75 Å². The van der Waals surface area contributed by atoms with Gasteiger partial charge in [-0.3, -0.25) is 4.79 Å². The third-order valence-electron chi connectivity index (χ3n) is 4.16. The van der Waals surface area contributed by atoms with Gasteiger partial charge in [0.05, 0.1) is 16.1 Å². The number of phenols is 1. The molecule has 114 valence electrons. The summed E-state index contributed by atoms with van der Waals surface area (Å²) in [6.45, 7) is 2.19. The molecule has 1 amide bonds. The van der Waals surface area contributed by atoms with Gasteiger partial charge in [0.1, 0.15) is 5.75 Å². The first-order valence-electron chi connectivity index (χ1n) is 6.95. The Balaban J connectivity index is 2.23. The minimum atomic E-state index is -0.632. The van der Waals surface area contributed by atoms with Crippen LogP contribution in [0.3, 0.4) is 0 Å². The van der Waals surface area contributed by atoms with Gasteiger partial charge in [-0.05, 0) is 72.4 Å². The summed E-state index contributed by atoms with van der Waals surface area (Å²) >= 11 is 7.30. The number of hydrogen-bond acceptors (Lipinski definition) is 3. The van der Waals surface area contributed by atoms with Gasteiger partial charge in [0.25, 0.3) is 5.91 Å². The summed E-state index contributed by atoms with van der Waals surface area (Å²) in [6, 6.07) is 4.93. The van der Waals surface area contributed by atoms with Crippen LogP contribution in [0.2, 0.25) is 0 Å². The van der Waals surface area contributed by atoms with E-state index in [4.69, 9.17) is 18.0 Å². The topological polar surface area (TPSA) is 75.3 Å². The maximum Gasteiger partial charge on any atom is 0.255 e. The zero-order valence-corrected chi connectivity index (χ0v) is 14.8. The van der Waals surface area contributed by atoms with E-state index in [9.17, 15) is 9.90 Å². The molecule has 0 atom stereocenters. The second-order valence-corrected chi connectivity index (χ2v) is 7.43. The lowest BCUT2D eigenvalue weighted by Crippen LogP contribution is -2.58. The number of halogens is 1. The molecule has 4 nitrogen and oxygen atoms in total. The molecule has 1 fully saturated rings. The molecule has 1 aliphatic rings. The third-order valence-corrected chi connectivity index (χ3v) is 5.22. The fraction of sp³-hybridized carbons (Fsp3) is 0.467. The molecule has 4 N–H and O–H groups in total. The number of carbonyl (C=O) groups excluding carboxylic acids is 1. The van der Waals surface area contributed by atoms with Gasteiger partial charge in [-0.15, -0.1) is 0 Å². The van der Waals surface area contributed by atoms with E-state index in [0.29, 0.717) is 10.9 Å². The SMILES string of the molecule is CC1CCC(NC(=O)c2cc(I)ccc2O)(C(N)=S)CC1. The van der Waals surface area contributed by atoms with Crippen molar-refractivity contribution in [3.05, 3.63) is 27.3 Å². The van der Waals surface area contributed by atoms with Crippen LogP contribution in [0.5, 0.6) is 5.75 Å². The Morgan fingerprint density at radius 1 is 1.48 bits per heavy atom. The number of hydrogen-bond donors (Lipinski definition) is 3. The second-order valence-electron chi connectivity index (χ2n) is 5.74. The normalized spacial score (nSPS) is 25.3. The van der Waals surface area contributed by atoms with Crippen LogP contribution in [0, 0.1) is 9.49 Å². The fourth-order valence-electron chi connectivity index (χ4n) is 2.66. The summed E-state index contributed by atoms with van der Waals surface area (Å²) in [7, 11) is 0. The number of aromatic hydroxyl groups is 1. The quantitative estimate of drug-likeness (QED) is 0.521. The molecule has 1 saturated carbocycles. The number of nitrogens with one attached hydrogen (secondary N) is 1. The van der Waals surface area contributed by atoms with E-state index in [1.807, 2.05) is 0 Å². The largest absolute Gasteiger partial charge is 0.507 e. The number of rotatable bonds is 3. The predicted molar refractivity (Wildman–Crippen MR) is 95.4 cm³/mol. The number of nitrogens with two attached hydrogens (primary N) is 1. The molecule has 0 unspecified atom stereocenters. The van der Waals surface area contributed by atoms with E-state index in [1.54, 1.807) is 12.1 Å². The highest BCUT2D eigenvalue weighted by Crippen LogP contribution is 2.33. The summed E-state index contributed by atoms with van der Waals surface area (Å²) < 4.78 is 0.886. The van der Waals surface area contributed by atoms with Crippen LogP contribution in [0.1, 0.15) is 43.0 Å². The standard InChI is InChI=1S/C15H19IN2O2S/c1-9-4-6-15(7-5-9,14(17)21)18-13(20)11-8-10(16)2-3-12(11)19/h2-3,8-9,19H,4-7H2,1H3,(H2,17,21)(H,18,20). The van der Waals surface area contributed by atoms with Crippen LogP contribution >= 0.6 is 34.8 Å². The highest BCUT2D eigenvalue weighted by Gasteiger charge is 2.38. The molecule has 0 aliphatic heterocycles. The van der Waals surface area contributed by atoms with Gasteiger partial charge in [0.2, 0.25) is 0 Å². The molecule has 21 heavy (non-hydrogen) atoms. The molecule has 0 radical (unpaired) electrons. The van der Waals surface area contributed by atoms with Gasteiger partial charge in [-0.1, -0.05) is 19.1 Å². The number of thiocarbonyl (C=S) groups is 1. The Labute approximate surface area is 143 Å².